The van der Waals surface area contributed by atoms with Crippen molar-refractivity contribution in [3.05, 3.63) is 108 Å². The Hall–Kier alpha value is -3.92. The van der Waals surface area contributed by atoms with E-state index in [4.69, 9.17) is 4.74 Å². The van der Waals surface area contributed by atoms with E-state index in [0.717, 1.165) is 10.9 Å². The molecule has 8 nitrogen and oxygen atoms in total. The zero-order valence-electron chi connectivity index (χ0n) is 19.5. The number of nitrogens with zero attached hydrogens (tertiary/aromatic N) is 4. The fraction of sp³-hybridized carbons (Fsp3) is 0.192. The summed E-state index contributed by atoms with van der Waals surface area (Å²) in [6.45, 7) is 3.70. The van der Waals surface area contributed by atoms with Crippen molar-refractivity contribution in [1.82, 2.24) is 9.66 Å². The summed E-state index contributed by atoms with van der Waals surface area (Å²) < 4.78 is 21.7. The second kappa shape index (κ2) is 10.8. The minimum atomic E-state index is -0.583. The summed E-state index contributed by atoms with van der Waals surface area (Å²) in [5.74, 6) is -0.175. The van der Waals surface area contributed by atoms with E-state index in [9.17, 15) is 19.3 Å². The monoisotopic (exact) mass is 552 g/mol. The Morgan fingerprint density at radius 2 is 2.00 bits per heavy atom. The van der Waals surface area contributed by atoms with Crippen LogP contribution in [0.25, 0.3) is 10.9 Å². The Labute approximate surface area is 214 Å². The van der Waals surface area contributed by atoms with Crippen LogP contribution in [0, 0.1) is 15.9 Å². The highest BCUT2D eigenvalue weighted by molar-refractivity contribution is 9.10. The van der Waals surface area contributed by atoms with E-state index < -0.39 is 10.7 Å². The maximum absolute atomic E-state index is 14.1. The molecule has 10 heteroatoms. The first-order valence-corrected chi connectivity index (χ1v) is 12.0. The lowest BCUT2D eigenvalue weighted by atomic mass is 10.1. The van der Waals surface area contributed by atoms with Crippen LogP contribution in [0.4, 0.5) is 10.1 Å². The lowest BCUT2D eigenvalue weighted by molar-refractivity contribution is -0.386. The van der Waals surface area contributed by atoms with Crippen molar-refractivity contribution in [2.24, 2.45) is 5.10 Å². The summed E-state index contributed by atoms with van der Waals surface area (Å²) in [6.07, 6.45) is 2.04. The molecule has 4 rings (SSSR count). The first kappa shape index (κ1) is 25.2. The molecule has 0 spiro atoms. The predicted octanol–water partition coefficient (Wildman–Crippen LogP) is 6.18. The van der Waals surface area contributed by atoms with Gasteiger partial charge in [-0.15, -0.1) is 0 Å². The van der Waals surface area contributed by atoms with Crippen LogP contribution in [0.15, 0.2) is 75.0 Å². The van der Waals surface area contributed by atoms with E-state index in [1.807, 2.05) is 19.9 Å². The number of aromatic nitrogens is 2. The van der Waals surface area contributed by atoms with Crippen LogP contribution in [0.2, 0.25) is 0 Å². The largest absolute Gasteiger partial charge is 0.481 e. The first-order chi connectivity index (χ1) is 17.3. The van der Waals surface area contributed by atoms with Crippen LogP contribution < -0.4 is 10.3 Å². The number of nitro benzene ring substituents is 1. The summed E-state index contributed by atoms with van der Waals surface area (Å²) in [5.41, 5.74) is 0.390. The van der Waals surface area contributed by atoms with Gasteiger partial charge in [0.25, 0.3) is 5.56 Å². The summed E-state index contributed by atoms with van der Waals surface area (Å²) in [7, 11) is 0. The van der Waals surface area contributed by atoms with Crippen LogP contribution in [-0.2, 0) is 6.61 Å². The highest BCUT2D eigenvalue weighted by atomic mass is 79.9. The van der Waals surface area contributed by atoms with Crippen LogP contribution in [0.1, 0.15) is 43.1 Å². The van der Waals surface area contributed by atoms with Crippen molar-refractivity contribution >= 4 is 38.7 Å². The zero-order valence-corrected chi connectivity index (χ0v) is 21.1. The third-order valence-electron chi connectivity index (χ3n) is 5.75. The van der Waals surface area contributed by atoms with Crippen molar-refractivity contribution in [2.75, 3.05) is 0 Å². The van der Waals surface area contributed by atoms with Crippen LogP contribution in [-0.4, -0.2) is 20.8 Å². The Morgan fingerprint density at radius 3 is 2.72 bits per heavy atom. The number of benzene rings is 3. The lowest BCUT2D eigenvalue weighted by Crippen LogP contribution is -2.23. The van der Waals surface area contributed by atoms with Gasteiger partial charge in [0.15, 0.2) is 0 Å². The molecule has 0 N–H and O–H groups in total. The van der Waals surface area contributed by atoms with Gasteiger partial charge in [0.05, 0.1) is 22.0 Å². The van der Waals surface area contributed by atoms with Gasteiger partial charge in [-0.3, -0.25) is 14.9 Å². The van der Waals surface area contributed by atoms with Gasteiger partial charge >= 0.3 is 5.69 Å². The summed E-state index contributed by atoms with van der Waals surface area (Å²) in [5, 5.41) is 16.4. The number of nitro groups is 1. The number of halogens is 2. The second-order valence-electron chi connectivity index (χ2n) is 8.13. The molecule has 0 saturated heterocycles. The van der Waals surface area contributed by atoms with Crippen molar-refractivity contribution in [1.29, 1.82) is 0 Å². The minimum Gasteiger partial charge on any atom is -0.481 e. The minimum absolute atomic E-state index is 0.0789. The molecule has 0 amide bonds. The van der Waals surface area contributed by atoms with Gasteiger partial charge in [-0.25, -0.2) is 9.37 Å². The van der Waals surface area contributed by atoms with Crippen molar-refractivity contribution < 1.29 is 14.1 Å². The fourth-order valence-electron chi connectivity index (χ4n) is 3.61. The van der Waals surface area contributed by atoms with Crippen molar-refractivity contribution in [3.8, 4) is 5.75 Å². The number of fused-ring (bicyclic) bond motifs is 1. The Kier molecular flexibility index (Phi) is 7.54. The molecule has 0 saturated carbocycles. The number of hydrogen-bond acceptors (Lipinski definition) is 6. The van der Waals surface area contributed by atoms with Gasteiger partial charge in [-0.05, 0) is 36.8 Å². The molecule has 0 aliphatic carbocycles. The number of rotatable bonds is 8. The lowest BCUT2D eigenvalue weighted by Gasteiger charge is -2.14. The molecule has 1 heterocycles. The van der Waals surface area contributed by atoms with Crippen molar-refractivity contribution in [3.63, 3.8) is 0 Å². The third-order valence-corrected chi connectivity index (χ3v) is 6.24. The van der Waals surface area contributed by atoms with Crippen LogP contribution >= 0.6 is 15.9 Å². The number of ether oxygens (including phenoxy) is 1. The van der Waals surface area contributed by atoms with Gasteiger partial charge in [0.2, 0.25) is 5.75 Å². The molecule has 0 bridgehead atoms. The first-order valence-electron chi connectivity index (χ1n) is 11.2. The third kappa shape index (κ3) is 5.18. The highest BCUT2D eigenvalue weighted by Gasteiger charge is 2.20. The van der Waals surface area contributed by atoms with E-state index >= 15 is 0 Å². The maximum atomic E-state index is 14.1. The summed E-state index contributed by atoms with van der Waals surface area (Å²) in [6, 6.07) is 15.6. The molecule has 0 aliphatic rings. The van der Waals surface area contributed by atoms with Gasteiger partial charge in [-0.1, -0.05) is 54.0 Å². The normalized spacial score (nSPS) is 12.2. The molecule has 0 unspecified atom stereocenters. The molecule has 0 aliphatic heterocycles. The summed E-state index contributed by atoms with van der Waals surface area (Å²) in [4.78, 5) is 29.1. The van der Waals surface area contributed by atoms with E-state index in [1.165, 1.54) is 35.2 Å². The molecule has 1 atom stereocenters. The van der Waals surface area contributed by atoms with E-state index in [1.54, 1.807) is 30.3 Å². The van der Waals surface area contributed by atoms with Gasteiger partial charge in [-0.2, -0.15) is 9.78 Å². The number of para-hydroxylation sites is 1. The van der Waals surface area contributed by atoms with Crippen LogP contribution in [0.5, 0.6) is 5.75 Å². The Bertz CT molecular complexity index is 1540. The Morgan fingerprint density at radius 1 is 1.22 bits per heavy atom. The van der Waals surface area contributed by atoms with Gasteiger partial charge in [0, 0.05) is 27.6 Å². The van der Waals surface area contributed by atoms with Gasteiger partial charge in [0.1, 0.15) is 18.2 Å². The zero-order chi connectivity index (χ0) is 25.8. The summed E-state index contributed by atoms with van der Waals surface area (Å²) >= 11 is 3.38. The average Bonchev–Trinajstić information content (AvgIpc) is 2.87. The van der Waals surface area contributed by atoms with E-state index in [2.05, 4.69) is 26.0 Å². The quantitative estimate of drug-likeness (QED) is 0.147. The van der Waals surface area contributed by atoms with E-state index in [-0.39, 0.29) is 40.6 Å². The topological polar surface area (TPSA) is 99.6 Å². The van der Waals surface area contributed by atoms with Crippen LogP contribution in [0.3, 0.4) is 0 Å². The van der Waals surface area contributed by atoms with Gasteiger partial charge < -0.3 is 4.74 Å². The SMILES string of the molecule is CC[C@@H](C)c1nc2ccc(Br)cc2c(=O)n1N=Cc1cccc([N+](=O)[O-])c1OCc1ccccc1F. The highest BCUT2D eigenvalue weighted by Crippen LogP contribution is 2.31. The molecule has 184 valence electrons. The smallest absolute Gasteiger partial charge is 0.311 e. The number of hydrogen-bond donors (Lipinski definition) is 0. The standard InChI is InChI=1S/C26H22BrFN4O4/c1-3-16(2)25-30-22-12-11-19(27)13-20(22)26(33)31(25)29-14-17-8-6-10-23(32(34)35)24(17)36-15-18-7-4-5-9-21(18)28/h4-14,16H,3,15H2,1-2H3/t16-/m1/s1. The predicted molar refractivity (Wildman–Crippen MR) is 139 cm³/mol. The molecule has 1 aromatic heterocycles. The average molecular weight is 553 g/mol. The van der Waals surface area contributed by atoms with E-state index in [0.29, 0.717) is 16.7 Å². The molecule has 4 aromatic rings. The molecular formula is C26H22BrFN4O4. The molecule has 0 radical (unpaired) electrons. The maximum Gasteiger partial charge on any atom is 0.311 e. The molecule has 36 heavy (non-hydrogen) atoms. The fourth-order valence-corrected chi connectivity index (χ4v) is 3.97. The second-order valence-corrected chi connectivity index (χ2v) is 9.05. The van der Waals surface area contributed by atoms with Crippen molar-refractivity contribution in [2.45, 2.75) is 32.8 Å². The molecule has 0 fully saturated rings. The molecular weight excluding hydrogens is 531 g/mol. The Balaban J connectivity index is 1.81. The molecule has 3 aromatic carbocycles.